The number of carbonyl (C=O) groups excluding carboxylic acids is 1. The SMILES string of the molecule is O=C(NO)OC1(NS(=O)(=O)c2ccc(Oc3ccc(F)cc3)cc2)CCNCC1. The summed E-state index contributed by atoms with van der Waals surface area (Å²) in [7, 11) is -4.04. The number of rotatable bonds is 6. The van der Waals surface area contributed by atoms with E-state index in [1.165, 1.54) is 54.0 Å². The molecular weight excluding hydrogens is 405 g/mol. The van der Waals surface area contributed by atoms with Gasteiger partial charge < -0.3 is 14.8 Å². The third-order valence-corrected chi connectivity index (χ3v) is 5.83. The molecule has 2 aromatic carbocycles. The summed E-state index contributed by atoms with van der Waals surface area (Å²) in [4.78, 5) is 11.4. The molecule has 11 heteroatoms. The maximum Gasteiger partial charge on any atom is 0.432 e. The molecule has 1 aliphatic rings. The molecular formula is C18H20FN3O6S. The monoisotopic (exact) mass is 425 g/mol. The summed E-state index contributed by atoms with van der Waals surface area (Å²) in [6.07, 6.45) is -0.783. The topological polar surface area (TPSA) is 126 Å². The van der Waals surface area contributed by atoms with Crippen molar-refractivity contribution in [2.45, 2.75) is 23.5 Å². The summed E-state index contributed by atoms with van der Waals surface area (Å²) in [6, 6.07) is 11.0. The Morgan fingerprint density at radius 2 is 1.59 bits per heavy atom. The maximum absolute atomic E-state index is 13.0. The van der Waals surface area contributed by atoms with E-state index in [4.69, 9.17) is 14.7 Å². The van der Waals surface area contributed by atoms with Crippen LogP contribution in [0.1, 0.15) is 12.8 Å². The molecule has 1 fully saturated rings. The van der Waals surface area contributed by atoms with Crippen LogP contribution in [-0.2, 0) is 14.8 Å². The first-order chi connectivity index (χ1) is 13.8. The van der Waals surface area contributed by atoms with Crippen molar-refractivity contribution < 1.29 is 32.3 Å². The molecule has 9 nitrogen and oxygen atoms in total. The molecule has 29 heavy (non-hydrogen) atoms. The van der Waals surface area contributed by atoms with Crippen molar-refractivity contribution in [1.29, 1.82) is 0 Å². The third-order valence-electron chi connectivity index (χ3n) is 4.29. The molecule has 0 atom stereocenters. The lowest BCUT2D eigenvalue weighted by molar-refractivity contribution is -0.0359. The molecule has 1 heterocycles. The summed E-state index contributed by atoms with van der Waals surface area (Å²) < 4.78 is 51.6. The average molecular weight is 425 g/mol. The molecule has 1 amide bonds. The highest BCUT2D eigenvalue weighted by Crippen LogP contribution is 2.26. The summed E-state index contributed by atoms with van der Waals surface area (Å²) in [5.41, 5.74) is -0.146. The maximum atomic E-state index is 13.0. The number of hydroxylamine groups is 1. The van der Waals surface area contributed by atoms with Gasteiger partial charge in [-0.05, 0) is 48.5 Å². The Kier molecular flexibility index (Phi) is 6.33. The van der Waals surface area contributed by atoms with Gasteiger partial charge in [-0.3, -0.25) is 5.21 Å². The number of amides is 1. The van der Waals surface area contributed by atoms with Crippen LogP contribution in [0.25, 0.3) is 0 Å². The van der Waals surface area contributed by atoms with E-state index in [0.29, 0.717) is 24.6 Å². The number of carbonyl (C=O) groups is 1. The largest absolute Gasteiger partial charge is 0.457 e. The van der Waals surface area contributed by atoms with Crippen LogP contribution in [0.4, 0.5) is 9.18 Å². The van der Waals surface area contributed by atoms with E-state index in [1.54, 1.807) is 0 Å². The highest BCUT2D eigenvalue weighted by molar-refractivity contribution is 7.89. The lowest BCUT2D eigenvalue weighted by Crippen LogP contribution is -2.57. The van der Waals surface area contributed by atoms with Crippen molar-refractivity contribution in [1.82, 2.24) is 15.5 Å². The minimum atomic E-state index is -4.04. The number of halogens is 1. The second-order valence-electron chi connectivity index (χ2n) is 6.38. The van der Waals surface area contributed by atoms with Crippen molar-refractivity contribution in [2.75, 3.05) is 13.1 Å². The van der Waals surface area contributed by atoms with Crippen LogP contribution < -0.4 is 20.3 Å². The van der Waals surface area contributed by atoms with E-state index < -0.39 is 27.7 Å². The van der Waals surface area contributed by atoms with Gasteiger partial charge >= 0.3 is 6.09 Å². The zero-order valence-electron chi connectivity index (χ0n) is 15.2. The molecule has 0 aromatic heterocycles. The second kappa shape index (κ2) is 8.74. The van der Waals surface area contributed by atoms with Gasteiger partial charge in [0.2, 0.25) is 10.0 Å². The van der Waals surface area contributed by atoms with Gasteiger partial charge in [-0.15, -0.1) is 0 Å². The van der Waals surface area contributed by atoms with Crippen molar-refractivity contribution in [3.05, 3.63) is 54.3 Å². The Bertz CT molecular complexity index is 945. The first-order valence-electron chi connectivity index (χ1n) is 8.73. The van der Waals surface area contributed by atoms with E-state index >= 15 is 0 Å². The first-order valence-corrected chi connectivity index (χ1v) is 10.2. The molecule has 1 saturated heterocycles. The number of benzene rings is 2. The van der Waals surface area contributed by atoms with E-state index in [1.807, 2.05) is 0 Å². The van der Waals surface area contributed by atoms with Crippen molar-refractivity contribution in [3.8, 4) is 11.5 Å². The van der Waals surface area contributed by atoms with Crippen LogP contribution in [0.15, 0.2) is 53.4 Å². The zero-order valence-corrected chi connectivity index (χ0v) is 16.0. The normalized spacial score (nSPS) is 16.1. The Hall–Kier alpha value is -2.73. The second-order valence-corrected chi connectivity index (χ2v) is 8.06. The highest BCUT2D eigenvalue weighted by Gasteiger charge is 2.40. The molecule has 4 N–H and O–H groups in total. The number of hydrogen-bond acceptors (Lipinski definition) is 7. The van der Waals surface area contributed by atoms with Gasteiger partial charge in [0, 0.05) is 25.9 Å². The molecule has 0 bridgehead atoms. The molecule has 0 radical (unpaired) electrons. The predicted molar refractivity (Wildman–Crippen MR) is 99.5 cm³/mol. The van der Waals surface area contributed by atoms with Gasteiger partial charge in [-0.2, -0.15) is 4.72 Å². The molecule has 3 rings (SSSR count). The summed E-state index contributed by atoms with van der Waals surface area (Å²) in [5, 5.41) is 11.8. The Labute approximate surface area is 166 Å². The number of piperidine rings is 1. The van der Waals surface area contributed by atoms with Crippen LogP contribution >= 0.6 is 0 Å². The van der Waals surface area contributed by atoms with E-state index in [-0.39, 0.29) is 17.7 Å². The van der Waals surface area contributed by atoms with Crippen molar-refractivity contribution >= 4 is 16.1 Å². The Balaban J connectivity index is 1.75. The van der Waals surface area contributed by atoms with Gasteiger partial charge in [-0.25, -0.2) is 23.1 Å². The van der Waals surface area contributed by atoms with Crippen molar-refractivity contribution in [3.63, 3.8) is 0 Å². The minimum absolute atomic E-state index is 0.0603. The molecule has 0 spiro atoms. The number of ether oxygens (including phenoxy) is 2. The number of nitrogens with one attached hydrogen (secondary N) is 3. The fraction of sp³-hybridized carbons (Fsp3) is 0.278. The zero-order chi connectivity index (χ0) is 20.9. The summed E-state index contributed by atoms with van der Waals surface area (Å²) in [6.45, 7) is 0.845. The first kappa shape index (κ1) is 21.0. The minimum Gasteiger partial charge on any atom is -0.457 e. The summed E-state index contributed by atoms with van der Waals surface area (Å²) >= 11 is 0. The molecule has 1 aliphatic heterocycles. The lowest BCUT2D eigenvalue weighted by atomic mass is 10.0. The average Bonchev–Trinajstić information content (AvgIpc) is 2.70. The predicted octanol–water partition coefficient (Wildman–Crippen LogP) is 2.09. The van der Waals surface area contributed by atoms with Crippen LogP contribution in [0.5, 0.6) is 11.5 Å². The van der Waals surface area contributed by atoms with Crippen LogP contribution in [0.3, 0.4) is 0 Å². The van der Waals surface area contributed by atoms with Crippen LogP contribution in [0.2, 0.25) is 0 Å². The van der Waals surface area contributed by atoms with Crippen LogP contribution in [-0.4, -0.2) is 38.5 Å². The molecule has 0 unspecified atom stereocenters. The fourth-order valence-electron chi connectivity index (χ4n) is 2.89. The fourth-order valence-corrected chi connectivity index (χ4v) is 4.23. The van der Waals surface area contributed by atoms with Gasteiger partial charge in [-0.1, -0.05) is 0 Å². The molecule has 2 aromatic rings. The third kappa shape index (κ3) is 5.41. The van der Waals surface area contributed by atoms with Gasteiger partial charge in [0.25, 0.3) is 0 Å². The van der Waals surface area contributed by atoms with E-state index in [9.17, 15) is 17.6 Å². The number of hydrogen-bond donors (Lipinski definition) is 4. The van der Waals surface area contributed by atoms with Gasteiger partial charge in [0.15, 0.2) is 5.72 Å². The van der Waals surface area contributed by atoms with Gasteiger partial charge in [0.1, 0.15) is 17.3 Å². The Morgan fingerprint density at radius 1 is 1.03 bits per heavy atom. The number of sulfonamides is 1. The molecule has 0 saturated carbocycles. The lowest BCUT2D eigenvalue weighted by Gasteiger charge is -2.36. The smallest absolute Gasteiger partial charge is 0.432 e. The molecule has 156 valence electrons. The Morgan fingerprint density at radius 3 is 2.14 bits per heavy atom. The molecule has 0 aliphatic carbocycles. The van der Waals surface area contributed by atoms with Crippen LogP contribution in [0, 0.1) is 5.82 Å². The van der Waals surface area contributed by atoms with E-state index in [2.05, 4.69) is 10.0 Å². The van der Waals surface area contributed by atoms with Crippen molar-refractivity contribution in [2.24, 2.45) is 0 Å². The highest BCUT2D eigenvalue weighted by atomic mass is 32.2. The van der Waals surface area contributed by atoms with E-state index in [0.717, 1.165) is 0 Å². The quantitative estimate of drug-likeness (QED) is 0.317. The van der Waals surface area contributed by atoms with Gasteiger partial charge in [0.05, 0.1) is 4.90 Å². The summed E-state index contributed by atoms with van der Waals surface area (Å²) in [5.74, 6) is 0.369. The standard InChI is InChI=1S/C18H20FN3O6S/c19-13-1-3-14(4-2-13)27-15-5-7-16(8-6-15)29(25,26)22-18(28-17(23)21-24)9-11-20-12-10-18/h1-8,20,22,24H,9-12H2,(H,21,23).